The molecule has 3 heterocycles. The summed E-state index contributed by atoms with van der Waals surface area (Å²) in [6.45, 7) is 1.12. The molecule has 90 valence electrons. The van der Waals surface area contributed by atoms with Crippen molar-refractivity contribution in [2.24, 2.45) is 0 Å². The fourth-order valence-electron chi connectivity index (χ4n) is 2.37. The molecule has 1 saturated heterocycles. The summed E-state index contributed by atoms with van der Waals surface area (Å²) in [4.78, 5) is 6.61. The van der Waals surface area contributed by atoms with Crippen molar-refractivity contribution in [3.05, 3.63) is 27.5 Å². The third-order valence-corrected chi connectivity index (χ3v) is 4.40. The Morgan fingerprint density at radius 2 is 2.35 bits per heavy atom. The number of nitrogens with zero attached hydrogens (tertiary/aromatic N) is 2. The summed E-state index contributed by atoms with van der Waals surface area (Å²) < 4.78 is 6.64. The molecule has 0 spiro atoms. The van der Waals surface area contributed by atoms with Gasteiger partial charge in [-0.05, 0) is 42.4 Å². The van der Waals surface area contributed by atoms with E-state index < -0.39 is 0 Å². The predicted octanol–water partition coefficient (Wildman–Crippen LogP) is 4.01. The standard InChI is InChI=1S/C12H12BrClN2O/c1-16-4-2-3-9(16)11-6-8-10(17-11)5-7(13)12(14)15-8/h5-6,9H,2-4H2,1H3/t9-/m1/s1. The summed E-state index contributed by atoms with van der Waals surface area (Å²) in [6, 6.07) is 4.25. The Labute approximate surface area is 113 Å². The predicted molar refractivity (Wildman–Crippen MR) is 71.3 cm³/mol. The zero-order valence-corrected chi connectivity index (χ0v) is 11.8. The molecular formula is C12H12BrClN2O. The van der Waals surface area contributed by atoms with Gasteiger partial charge in [0.25, 0.3) is 0 Å². The Balaban J connectivity index is 2.07. The highest BCUT2D eigenvalue weighted by Gasteiger charge is 2.26. The van der Waals surface area contributed by atoms with Gasteiger partial charge in [-0.1, -0.05) is 11.6 Å². The van der Waals surface area contributed by atoms with E-state index in [1.165, 1.54) is 6.42 Å². The lowest BCUT2D eigenvalue weighted by molar-refractivity contribution is 0.281. The molecule has 1 aliphatic heterocycles. The van der Waals surface area contributed by atoms with Gasteiger partial charge in [0, 0.05) is 12.1 Å². The van der Waals surface area contributed by atoms with Crippen LogP contribution in [0.25, 0.3) is 11.1 Å². The molecule has 0 radical (unpaired) electrons. The van der Waals surface area contributed by atoms with Gasteiger partial charge in [-0.25, -0.2) is 4.98 Å². The third kappa shape index (κ3) is 1.98. The molecular weight excluding hydrogens is 304 g/mol. The topological polar surface area (TPSA) is 29.3 Å². The van der Waals surface area contributed by atoms with Crippen LogP contribution < -0.4 is 0 Å². The highest BCUT2D eigenvalue weighted by molar-refractivity contribution is 9.10. The van der Waals surface area contributed by atoms with Crippen LogP contribution in [0.1, 0.15) is 24.6 Å². The van der Waals surface area contributed by atoms with Gasteiger partial charge in [0.05, 0.1) is 10.5 Å². The van der Waals surface area contributed by atoms with Gasteiger partial charge >= 0.3 is 0 Å². The van der Waals surface area contributed by atoms with Crippen molar-refractivity contribution in [1.82, 2.24) is 9.88 Å². The first-order valence-electron chi connectivity index (χ1n) is 5.61. The van der Waals surface area contributed by atoms with Gasteiger partial charge in [0.15, 0.2) is 5.58 Å². The van der Waals surface area contributed by atoms with E-state index in [1.807, 2.05) is 12.1 Å². The van der Waals surface area contributed by atoms with Crippen LogP contribution >= 0.6 is 27.5 Å². The molecule has 0 aromatic carbocycles. The Bertz CT molecular complexity index is 530. The van der Waals surface area contributed by atoms with Gasteiger partial charge in [-0.3, -0.25) is 4.90 Å². The lowest BCUT2D eigenvalue weighted by Gasteiger charge is -2.16. The van der Waals surface area contributed by atoms with E-state index in [2.05, 4.69) is 32.9 Å². The van der Waals surface area contributed by atoms with Gasteiger partial charge < -0.3 is 4.42 Å². The van der Waals surface area contributed by atoms with Gasteiger partial charge in [0.2, 0.25) is 0 Å². The summed E-state index contributed by atoms with van der Waals surface area (Å²) in [5.74, 6) is 0.988. The molecule has 0 saturated carbocycles. The molecule has 1 atom stereocenters. The lowest BCUT2D eigenvalue weighted by atomic mass is 10.2. The van der Waals surface area contributed by atoms with Crippen molar-refractivity contribution in [2.45, 2.75) is 18.9 Å². The van der Waals surface area contributed by atoms with Crippen molar-refractivity contribution in [3.63, 3.8) is 0 Å². The lowest BCUT2D eigenvalue weighted by Crippen LogP contribution is -2.16. The van der Waals surface area contributed by atoms with Crippen molar-refractivity contribution < 1.29 is 4.42 Å². The Morgan fingerprint density at radius 1 is 1.53 bits per heavy atom. The maximum absolute atomic E-state index is 5.98. The zero-order chi connectivity index (χ0) is 12.0. The number of hydrogen-bond donors (Lipinski definition) is 0. The Morgan fingerprint density at radius 3 is 3.06 bits per heavy atom. The Kier molecular flexibility index (Phi) is 2.89. The van der Waals surface area contributed by atoms with E-state index in [1.54, 1.807) is 0 Å². The average Bonchev–Trinajstić information content (AvgIpc) is 2.85. The largest absolute Gasteiger partial charge is 0.458 e. The second kappa shape index (κ2) is 4.26. The van der Waals surface area contributed by atoms with E-state index in [9.17, 15) is 0 Å². The molecule has 5 heteroatoms. The van der Waals surface area contributed by atoms with E-state index in [-0.39, 0.29) is 0 Å². The first-order valence-corrected chi connectivity index (χ1v) is 6.78. The van der Waals surface area contributed by atoms with Crippen LogP contribution in [0, 0.1) is 0 Å². The summed E-state index contributed by atoms with van der Waals surface area (Å²) in [7, 11) is 2.13. The van der Waals surface area contributed by atoms with Crippen molar-refractivity contribution in [2.75, 3.05) is 13.6 Å². The summed E-state index contributed by atoms with van der Waals surface area (Å²) in [6.07, 6.45) is 2.36. The normalized spacial score (nSPS) is 21.5. The summed E-state index contributed by atoms with van der Waals surface area (Å²) in [5.41, 5.74) is 1.62. The minimum Gasteiger partial charge on any atom is -0.458 e. The average molecular weight is 316 g/mol. The highest BCUT2D eigenvalue weighted by atomic mass is 79.9. The van der Waals surface area contributed by atoms with Gasteiger partial charge in [0.1, 0.15) is 16.4 Å². The molecule has 17 heavy (non-hydrogen) atoms. The minimum atomic E-state index is 0.377. The second-order valence-corrected chi connectivity index (χ2v) is 5.64. The number of fused-ring (bicyclic) bond motifs is 1. The van der Waals surface area contributed by atoms with Crippen molar-refractivity contribution in [1.29, 1.82) is 0 Å². The molecule has 0 amide bonds. The Hall–Kier alpha value is -0.580. The second-order valence-electron chi connectivity index (χ2n) is 4.43. The first kappa shape index (κ1) is 11.5. The van der Waals surface area contributed by atoms with E-state index >= 15 is 0 Å². The van der Waals surface area contributed by atoms with Crippen LogP contribution in [0.4, 0.5) is 0 Å². The molecule has 3 nitrogen and oxygen atoms in total. The van der Waals surface area contributed by atoms with E-state index in [0.29, 0.717) is 11.2 Å². The summed E-state index contributed by atoms with van der Waals surface area (Å²) in [5, 5.41) is 0.477. The molecule has 0 unspecified atom stereocenters. The molecule has 0 bridgehead atoms. The van der Waals surface area contributed by atoms with Crippen LogP contribution in [0.15, 0.2) is 21.0 Å². The highest BCUT2D eigenvalue weighted by Crippen LogP contribution is 2.35. The summed E-state index contributed by atoms with van der Waals surface area (Å²) >= 11 is 9.33. The van der Waals surface area contributed by atoms with E-state index in [4.69, 9.17) is 16.0 Å². The third-order valence-electron chi connectivity index (χ3n) is 3.28. The molecule has 0 N–H and O–H groups in total. The molecule has 2 aromatic rings. The molecule has 2 aromatic heterocycles. The monoisotopic (exact) mass is 314 g/mol. The van der Waals surface area contributed by atoms with Crippen molar-refractivity contribution in [3.8, 4) is 0 Å². The van der Waals surface area contributed by atoms with Crippen LogP contribution in [0.2, 0.25) is 5.15 Å². The molecule has 3 rings (SSSR count). The smallest absolute Gasteiger partial charge is 0.154 e. The van der Waals surface area contributed by atoms with Crippen LogP contribution in [0.5, 0.6) is 0 Å². The number of furan rings is 1. The fraction of sp³-hybridized carbons (Fsp3) is 0.417. The van der Waals surface area contributed by atoms with Gasteiger partial charge in [-0.15, -0.1) is 0 Å². The van der Waals surface area contributed by atoms with Crippen molar-refractivity contribution >= 4 is 38.6 Å². The maximum atomic E-state index is 5.98. The number of rotatable bonds is 1. The fourth-order valence-corrected chi connectivity index (χ4v) is 2.82. The number of halogens is 2. The van der Waals surface area contributed by atoms with Gasteiger partial charge in [-0.2, -0.15) is 0 Å². The number of hydrogen-bond acceptors (Lipinski definition) is 3. The molecule has 1 aliphatic rings. The van der Waals surface area contributed by atoms with Crippen LogP contribution in [-0.4, -0.2) is 23.5 Å². The van der Waals surface area contributed by atoms with Crippen LogP contribution in [-0.2, 0) is 0 Å². The number of aromatic nitrogens is 1. The maximum Gasteiger partial charge on any atom is 0.154 e. The quantitative estimate of drug-likeness (QED) is 0.745. The minimum absolute atomic E-state index is 0.377. The van der Waals surface area contributed by atoms with Crippen LogP contribution in [0.3, 0.4) is 0 Å². The molecule has 0 aliphatic carbocycles. The number of pyridine rings is 1. The molecule has 1 fully saturated rings. The zero-order valence-electron chi connectivity index (χ0n) is 9.41. The SMILES string of the molecule is CN1CCC[C@@H]1c1cc2nc(Cl)c(Br)cc2o1. The first-order chi connectivity index (χ1) is 8.15. The number of likely N-dealkylation sites (tertiary alicyclic amines) is 1. The van der Waals surface area contributed by atoms with E-state index in [0.717, 1.165) is 34.3 Å².